The fourth-order valence-electron chi connectivity index (χ4n) is 3.80. The zero-order chi connectivity index (χ0) is 20.7. The van der Waals surface area contributed by atoms with Gasteiger partial charge in [-0.2, -0.15) is 0 Å². The summed E-state index contributed by atoms with van der Waals surface area (Å²) in [5, 5.41) is 15.7. The molecule has 0 saturated carbocycles. The Hall–Kier alpha value is -3.61. The van der Waals surface area contributed by atoms with E-state index in [0.717, 1.165) is 16.7 Å². The molecule has 148 valence electrons. The second kappa shape index (κ2) is 7.09. The van der Waals surface area contributed by atoms with Gasteiger partial charge in [0.15, 0.2) is 0 Å². The molecule has 7 heteroatoms. The molecule has 2 heterocycles. The average Bonchev–Trinajstić information content (AvgIpc) is 2.90. The number of aromatic nitrogens is 1. The molecule has 3 aromatic rings. The van der Waals surface area contributed by atoms with Crippen LogP contribution in [-0.4, -0.2) is 21.3 Å². The smallest absolute Gasteiger partial charge is 0.263 e. The zero-order valence-corrected chi connectivity index (χ0v) is 16.6. The molecule has 7 nitrogen and oxygen atoms in total. The summed E-state index contributed by atoms with van der Waals surface area (Å²) in [7, 11) is 1.68. The summed E-state index contributed by atoms with van der Waals surface area (Å²) in [6, 6.07) is 13.2. The number of benzene rings is 2. The highest BCUT2D eigenvalue weighted by Gasteiger charge is 2.26. The van der Waals surface area contributed by atoms with Crippen molar-refractivity contribution in [1.82, 2.24) is 9.99 Å². The van der Waals surface area contributed by atoms with Crippen molar-refractivity contribution in [2.45, 2.75) is 26.3 Å². The third-order valence-corrected chi connectivity index (χ3v) is 5.36. The Morgan fingerprint density at radius 3 is 2.76 bits per heavy atom. The first-order valence-electron chi connectivity index (χ1n) is 9.41. The molecule has 0 spiro atoms. The van der Waals surface area contributed by atoms with Gasteiger partial charge in [0.05, 0.1) is 17.3 Å². The van der Waals surface area contributed by atoms with E-state index >= 15 is 0 Å². The van der Waals surface area contributed by atoms with Gasteiger partial charge in [-0.15, -0.1) is 5.10 Å². The van der Waals surface area contributed by atoms with E-state index in [1.54, 1.807) is 19.2 Å². The van der Waals surface area contributed by atoms with E-state index in [2.05, 4.69) is 21.6 Å². The van der Waals surface area contributed by atoms with Gasteiger partial charge < -0.3 is 15.4 Å². The molecule has 4 rings (SSSR count). The molecule has 0 fully saturated rings. The maximum absolute atomic E-state index is 13.1. The molecular weight excluding hydrogens is 366 g/mol. The number of aromatic hydroxyl groups is 1. The predicted octanol–water partition coefficient (Wildman–Crippen LogP) is 2.61. The van der Waals surface area contributed by atoms with E-state index in [4.69, 9.17) is 5.73 Å². The molecule has 0 saturated heterocycles. The zero-order valence-electron chi connectivity index (χ0n) is 16.6. The summed E-state index contributed by atoms with van der Waals surface area (Å²) in [4.78, 5) is 17.5. The SMILES string of the molecule is Cc1ccc(C)c([C@H]2CC(c3c(O)c4ccccc4n(C)c3=O)=NC(N)=NN2)c1. The van der Waals surface area contributed by atoms with E-state index in [1.165, 1.54) is 4.57 Å². The minimum Gasteiger partial charge on any atom is -0.506 e. The second-order valence-electron chi connectivity index (χ2n) is 7.38. The Morgan fingerprint density at radius 2 is 1.97 bits per heavy atom. The van der Waals surface area contributed by atoms with Crippen molar-refractivity contribution in [1.29, 1.82) is 0 Å². The molecule has 1 aliphatic rings. The Bertz CT molecular complexity index is 1240. The lowest BCUT2D eigenvalue weighted by atomic mass is 9.93. The largest absolute Gasteiger partial charge is 0.506 e. The quantitative estimate of drug-likeness (QED) is 0.626. The van der Waals surface area contributed by atoms with E-state index in [0.29, 0.717) is 23.0 Å². The third kappa shape index (κ3) is 3.24. The number of hydrazone groups is 1. The summed E-state index contributed by atoms with van der Waals surface area (Å²) in [5.74, 6) is -0.0701. The first-order valence-corrected chi connectivity index (χ1v) is 9.41. The van der Waals surface area contributed by atoms with Gasteiger partial charge in [0.2, 0.25) is 5.96 Å². The van der Waals surface area contributed by atoms with Crippen LogP contribution in [0.2, 0.25) is 0 Å². The van der Waals surface area contributed by atoms with Crippen LogP contribution in [0.15, 0.2) is 57.4 Å². The van der Waals surface area contributed by atoms with Crippen LogP contribution < -0.4 is 16.7 Å². The van der Waals surface area contributed by atoms with Crippen LogP contribution >= 0.6 is 0 Å². The number of fused-ring (bicyclic) bond motifs is 1. The van der Waals surface area contributed by atoms with E-state index < -0.39 is 0 Å². The molecular formula is C22H23N5O2. The van der Waals surface area contributed by atoms with Crippen molar-refractivity contribution in [3.63, 3.8) is 0 Å². The lowest BCUT2D eigenvalue weighted by Gasteiger charge is -2.20. The van der Waals surface area contributed by atoms with Crippen molar-refractivity contribution in [3.05, 3.63) is 75.1 Å². The van der Waals surface area contributed by atoms with Crippen LogP contribution in [0, 0.1) is 13.8 Å². The lowest BCUT2D eigenvalue weighted by molar-refractivity contribution is 0.477. The molecule has 29 heavy (non-hydrogen) atoms. The Kier molecular flexibility index (Phi) is 4.58. The molecule has 0 radical (unpaired) electrons. The molecule has 0 aliphatic carbocycles. The first-order chi connectivity index (χ1) is 13.9. The van der Waals surface area contributed by atoms with Gasteiger partial charge in [0.1, 0.15) is 11.3 Å². The molecule has 2 aromatic carbocycles. The van der Waals surface area contributed by atoms with Gasteiger partial charge in [-0.05, 0) is 37.1 Å². The van der Waals surface area contributed by atoms with Crippen molar-refractivity contribution >= 4 is 22.6 Å². The standard InChI is InChI=1S/C22H23N5O2/c1-12-8-9-13(2)15(10-12)16-11-17(24-22(23)26-25-16)19-20(28)14-6-4-5-7-18(14)27(3)21(19)29/h4-10,16,25,28H,11H2,1-3H3,(H2,23,26)/t16-/m1/s1. The number of para-hydroxylation sites is 1. The summed E-state index contributed by atoms with van der Waals surface area (Å²) in [6.07, 6.45) is 0.357. The molecule has 0 amide bonds. The number of hydrogen-bond donors (Lipinski definition) is 3. The van der Waals surface area contributed by atoms with Crippen molar-refractivity contribution in [2.75, 3.05) is 0 Å². The summed E-state index contributed by atoms with van der Waals surface area (Å²) < 4.78 is 1.52. The lowest BCUT2D eigenvalue weighted by Crippen LogP contribution is -2.27. The fourth-order valence-corrected chi connectivity index (χ4v) is 3.80. The minimum atomic E-state index is -0.325. The molecule has 0 bridgehead atoms. The topological polar surface area (TPSA) is 105 Å². The summed E-state index contributed by atoms with van der Waals surface area (Å²) in [6.45, 7) is 4.05. The van der Waals surface area contributed by atoms with Crippen LogP contribution in [0.4, 0.5) is 0 Å². The van der Waals surface area contributed by atoms with Gasteiger partial charge in [-0.1, -0.05) is 35.9 Å². The number of rotatable bonds is 2. The Labute approximate surface area is 168 Å². The second-order valence-corrected chi connectivity index (χ2v) is 7.38. The van der Waals surface area contributed by atoms with E-state index in [9.17, 15) is 9.90 Å². The average molecular weight is 389 g/mol. The van der Waals surface area contributed by atoms with Gasteiger partial charge in [-0.25, -0.2) is 4.99 Å². The van der Waals surface area contributed by atoms with Crippen molar-refractivity contribution in [2.24, 2.45) is 22.9 Å². The molecule has 0 unspecified atom stereocenters. The van der Waals surface area contributed by atoms with Gasteiger partial charge in [-0.3, -0.25) is 10.2 Å². The van der Waals surface area contributed by atoms with Crippen LogP contribution in [0.5, 0.6) is 5.75 Å². The van der Waals surface area contributed by atoms with Crippen LogP contribution in [0.3, 0.4) is 0 Å². The third-order valence-electron chi connectivity index (χ3n) is 5.36. The Balaban J connectivity index is 1.89. The van der Waals surface area contributed by atoms with Crippen LogP contribution in [0.1, 0.15) is 34.7 Å². The predicted molar refractivity (Wildman–Crippen MR) is 115 cm³/mol. The maximum Gasteiger partial charge on any atom is 0.263 e. The molecule has 4 N–H and O–H groups in total. The fraction of sp³-hybridized carbons (Fsp3) is 0.227. The van der Waals surface area contributed by atoms with Crippen LogP contribution in [-0.2, 0) is 7.05 Å². The van der Waals surface area contributed by atoms with E-state index in [1.807, 2.05) is 38.1 Å². The maximum atomic E-state index is 13.1. The van der Waals surface area contributed by atoms with Gasteiger partial charge >= 0.3 is 0 Å². The first kappa shape index (κ1) is 18.7. The highest BCUT2D eigenvalue weighted by Crippen LogP contribution is 2.30. The van der Waals surface area contributed by atoms with Gasteiger partial charge in [0, 0.05) is 18.9 Å². The Morgan fingerprint density at radius 1 is 1.21 bits per heavy atom. The normalized spacial score (nSPS) is 16.7. The number of guanidine groups is 1. The minimum absolute atomic E-state index is 0.0161. The van der Waals surface area contributed by atoms with Crippen LogP contribution in [0.25, 0.3) is 10.9 Å². The highest BCUT2D eigenvalue weighted by molar-refractivity contribution is 6.11. The molecule has 1 aliphatic heterocycles. The number of aryl methyl sites for hydroxylation is 3. The number of aliphatic imine (C=N–C) groups is 1. The summed E-state index contributed by atoms with van der Waals surface area (Å²) in [5.41, 5.74) is 13.2. The number of nitrogens with one attached hydrogen (secondary N) is 1. The number of nitrogens with two attached hydrogens (primary N) is 1. The summed E-state index contributed by atoms with van der Waals surface area (Å²) >= 11 is 0. The molecule has 1 aromatic heterocycles. The monoisotopic (exact) mass is 389 g/mol. The number of hydrogen-bond acceptors (Lipinski definition) is 6. The number of nitrogens with zero attached hydrogens (tertiary/aromatic N) is 3. The van der Waals surface area contributed by atoms with E-state index in [-0.39, 0.29) is 28.9 Å². The van der Waals surface area contributed by atoms with Gasteiger partial charge in [0.25, 0.3) is 5.56 Å². The molecule has 1 atom stereocenters. The van der Waals surface area contributed by atoms with Crippen molar-refractivity contribution in [3.8, 4) is 5.75 Å². The number of pyridine rings is 1. The van der Waals surface area contributed by atoms with Crippen molar-refractivity contribution < 1.29 is 5.11 Å². The highest BCUT2D eigenvalue weighted by atomic mass is 16.3.